The van der Waals surface area contributed by atoms with Gasteiger partial charge < -0.3 is 15.7 Å². The number of halogens is 3. The maximum absolute atomic E-state index is 10.6. The summed E-state index contributed by atoms with van der Waals surface area (Å²) in [6.45, 7) is 4.06. The van der Waals surface area contributed by atoms with E-state index >= 15 is 0 Å². The van der Waals surface area contributed by atoms with E-state index in [-0.39, 0.29) is 5.95 Å². The number of carboxylic acid groups (broad SMARTS) is 1. The van der Waals surface area contributed by atoms with Crippen molar-refractivity contribution in [3.63, 3.8) is 0 Å². The first kappa shape index (κ1) is 25.6. The molecule has 0 spiro atoms. The molecule has 5 N–H and O–H groups in total. The van der Waals surface area contributed by atoms with Crippen LogP contribution in [0.2, 0.25) is 0 Å². The van der Waals surface area contributed by atoms with Crippen LogP contribution in [0.4, 0.5) is 36.7 Å². The summed E-state index contributed by atoms with van der Waals surface area (Å²) in [7, 11) is 0. The summed E-state index contributed by atoms with van der Waals surface area (Å²) in [5.41, 5.74) is 6.22. The molecule has 4 aromatic rings. The number of rotatable bonds is 6. The molecule has 0 atom stereocenters. The number of fused-ring (bicyclic) bond motifs is 1. The van der Waals surface area contributed by atoms with Crippen LogP contribution in [0.3, 0.4) is 0 Å². The molecular formula is C21H20F3N7O3S. The number of carbonyl (C=O) groups is 1. The molecule has 2 heterocycles. The molecule has 4 rings (SSSR count). The summed E-state index contributed by atoms with van der Waals surface area (Å²) in [5.74, 6) is -2.07. The molecule has 10 nitrogen and oxygen atoms in total. The van der Waals surface area contributed by atoms with Crippen LogP contribution in [-0.4, -0.2) is 42.4 Å². The molecule has 0 aliphatic carbocycles. The van der Waals surface area contributed by atoms with E-state index in [0.29, 0.717) is 11.9 Å². The molecule has 35 heavy (non-hydrogen) atoms. The lowest BCUT2D eigenvalue weighted by Gasteiger charge is -2.27. The summed E-state index contributed by atoms with van der Waals surface area (Å²) >= 11 is 1.56. The van der Waals surface area contributed by atoms with Crippen molar-refractivity contribution in [3.05, 3.63) is 59.6 Å². The number of nitrogens with zero attached hydrogens (tertiary/aromatic N) is 4. The third-order valence-corrected chi connectivity index (χ3v) is 5.28. The third kappa shape index (κ3) is 6.97. The smallest absolute Gasteiger partial charge is 0.475 e. The van der Waals surface area contributed by atoms with Gasteiger partial charge in [-0.1, -0.05) is 30.3 Å². The third-order valence-electron chi connectivity index (χ3n) is 4.49. The Kier molecular flexibility index (Phi) is 7.66. The van der Waals surface area contributed by atoms with Crippen molar-refractivity contribution in [2.75, 3.05) is 16.1 Å². The minimum absolute atomic E-state index is 0.0442. The maximum Gasteiger partial charge on any atom is 0.490 e. The van der Waals surface area contributed by atoms with Crippen molar-refractivity contribution >= 4 is 51.1 Å². The van der Waals surface area contributed by atoms with Gasteiger partial charge in [-0.2, -0.15) is 28.1 Å². The number of aliphatic carboxylic acids is 1. The minimum atomic E-state index is -5.08. The molecule has 0 radical (unpaired) electrons. The number of anilines is 4. The first-order chi connectivity index (χ1) is 16.5. The molecule has 0 amide bonds. The molecule has 0 saturated heterocycles. The fraction of sp³-hybridized carbons (Fsp3) is 0.190. The van der Waals surface area contributed by atoms with Crippen molar-refractivity contribution < 1.29 is 28.3 Å². The minimum Gasteiger partial charge on any atom is -0.475 e. The Morgan fingerprint density at radius 3 is 2.23 bits per heavy atom. The van der Waals surface area contributed by atoms with Gasteiger partial charge in [0, 0.05) is 5.69 Å². The lowest BCUT2D eigenvalue weighted by molar-refractivity contribution is -0.192. The van der Waals surface area contributed by atoms with Crippen LogP contribution in [-0.2, 0) is 10.3 Å². The number of alkyl halides is 3. The SMILES string of the molecule is CC(C)(Nc1nc(NO)nc(Nc2ccc3ncsc3c2)n1)c1ccccc1.O=C(O)C(F)(F)F. The molecule has 0 saturated carbocycles. The molecule has 184 valence electrons. The number of thiazole rings is 1. The Balaban J connectivity index is 0.000000429. The van der Waals surface area contributed by atoms with Gasteiger partial charge in [-0.05, 0) is 37.6 Å². The van der Waals surface area contributed by atoms with Gasteiger partial charge in [0.1, 0.15) is 0 Å². The van der Waals surface area contributed by atoms with Crippen molar-refractivity contribution in [1.82, 2.24) is 19.9 Å². The van der Waals surface area contributed by atoms with Crippen molar-refractivity contribution in [2.45, 2.75) is 25.6 Å². The van der Waals surface area contributed by atoms with Crippen LogP contribution in [0.5, 0.6) is 0 Å². The lowest BCUT2D eigenvalue weighted by atomic mass is 9.95. The van der Waals surface area contributed by atoms with Crippen molar-refractivity contribution in [1.29, 1.82) is 0 Å². The Labute approximate surface area is 200 Å². The summed E-state index contributed by atoms with van der Waals surface area (Å²) in [4.78, 5) is 26.0. The average molecular weight is 507 g/mol. The fourth-order valence-electron chi connectivity index (χ4n) is 2.81. The Morgan fingerprint density at radius 1 is 0.971 bits per heavy atom. The monoisotopic (exact) mass is 507 g/mol. The van der Waals surface area contributed by atoms with Gasteiger partial charge in [0.2, 0.25) is 11.9 Å². The van der Waals surface area contributed by atoms with Crippen LogP contribution < -0.4 is 16.1 Å². The molecule has 2 aromatic heterocycles. The summed E-state index contributed by atoms with van der Waals surface area (Å²) in [6, 6.07) is 15.8. The standard InChI is InChI=1S/C19H19N7OS.C2HF3O2/c1-19(2,12-6-4-3-5-7-12)25-17-22-16(23-18(24-17)26-27)21-13-8-9-14-15(10-13)28-11-20-14;3-2(4,5)1(6)7/h3-11,27H,1-2H3,(H3,21,22,23,24,25,26);(H,6,7). The second-order valence-corrected chi connectivity index (χ2v) is 8.38. The van der Waals surface area contributed by atoms with E-state index in [1.165, 1.54) is 0 Å². The van der Waals surface area contributed by atoms with E-state index in [1.54, 1.807) is 16.8 Å². The molecule has 2 aromatic carbocycles. The predicted octanol–water partition coefficient (Wildman–Crippen LogP) is 5.01. The average Bonchev–Trinajstić information content (AvgIpc) is 3.27. The second kappa shape index (κ2) is 10.5. The summed E-state index contributed by atoms with van der Waals surface area (Å²) < 4.78 is 32.8. The van der Waals surface area contributed by atoms with Gasteiger partial charge in [0.25, 0.3) is 5.95 Å². The quantitative estimate of drug-likeness (QED) is 0.226. The van der Waals surface area contributed by atoms with Gasteiger partial charge in [0.05, 0.1) is 21.3 Å². The van der Waals surface area contributed by atoms with E-state index in [4.69, 9.17) is 9.90 Å². The van der Waals surface area contributed by atoms with Crippen LogP contribution in [0.1, 0.15) is 19.4 Å². The van der Waals surface area contributed by atoms with Gasteiger partial charge >= 0.3 is 12.1 Å². The number of hydrogen-bond donors (Lipinski definition) is 5. The van der Waals surface area contributed by atoms with Crippen molar-refractivity contribution in [3.8, 4) is 0 Å². The highest BCUT2D eigenvalue weighted by molar-refractivity contribution is 7.16. The van der Waals surface area contributed by atoms with E-state index < -0.39 is 17.7 Å². The van der Waals surface area contributed by atoms with Gasteiger partial charge in [-0.3, -0.25) is 5.21 Å². The van der Waals surface area contributed by atoms with E-state index in [9.17, 15) is 18.4 Å². The van der Waals surface area contributed by atoms with Crippen LogP contribution >= 0.6 is 11.3 Å². The van der Waals surface area contributed by atoms with E-state index in [0.717, 1.165) is 21.5 Å². The molecule has 0 fully saturated rings. The zero-order valence-electron chi connectivity index (χ0n) is 18.3. The van der Waals surface area contributed by atoms with E-state index in [2.05, 4.69) is 30.6 Å². The second-order valence-electron chi connectivity index (χ2n) is 7.50. The molecule has 0 aliphatic heterocycles. The highest BCUT2D eigenvalue weighted by Gasteiger charge is 2.38. The predicted molar refractivity (Wildman–Crippen MR) is 125 cm³/mol. The zero-order valence-corrected chi connectivity index (χ0v) is 19.1. The van der Waals surface area contributed by atoms with Crippen LogP contribution in [0.15, 0.2) is 54.0 Å². The van der Waals surface area contributed by atoms with Crippen LogP contribution in [0, 0.1) is 0 Å². The van der Waals surface area contributed by atoms with Gasteiger partial charge in [-0.25, -0.2) is 15.3 Å². The topological polar surface area (TPSA) is 145 Å². The van der Waals surface area contributed by atoms with Gasteiger partial charge in [0.15, 0.2) is 0 Å². The van der Waals surface area contributed by atoms with E-state index in [1.807, 2.05) is 67.9 Å². The number of carboxylic acids is 1. The highest BCUT2D eigenvalue weighted by atomic mass is 32.1. The highest BCUT2D eigenvalue weighted by Crippen LogP contribution is 2.26. The number of hydrogen-bond acceptors (Lipinski definition) is 10. The molecule has 14 heteroatoms. The summed E-state index contributed by atoms with van der Waals surface area (Å²) in [5, 5.41) is 22.9. The largest absolute Gasteiger partial charge is 0.490 e. The summed E-state index contributed by atoms with van der Waals surface area (Å²) in [6.07, 6.45) is -5.08. The molecule has 0 bridgehead atoms. The first-order valence-electron chi connectivity index (χ1n) is 9.88. The first-order valence-corrected chi connectivity index (χ1v) is 10.8. The molecular weight excluding hydrogens is 487 g/mol. The van der Waals surface area contributed by atoms with Gasteiger partial charge in [-0.15, -0.1) is 11.3 Å². The number of nitrogens with one attached hydrogen (secondary N) is 3. The van der Waals surface area contributed by atoms with Crippen molar-refractivity contribution in [2.24, 2.45) is 0 Å². The fourth-order valence-corrected chi connectivity index (χ4v) is 3.52. The van der Waals surface area contributed by atoms with Crippen LogP contribution in [0.25, 0.3) is 10.2 Å². The molecule has 0 unspecified atom stereocenters. The Hall–Kier alpha value is -4.04. The number of benzene rings is 2. The lowest BCUT2D eigenvalue weighted by Crippen LogP contribution is -2.29. The normalized spacial score (nSPS) is 11.4. The Morgan fingerprint density at radius 2 is 1.60 bits per heavy atom. The number of aromatic nitrogens is 4. The zero-order chi connectivity index (χ0) is 25.6. The molecule has 0 aliphatic rings. The maximum atomic E-state index is 10.6. The Bertz CT molecular complexity index is 1300.